The van der Waals surface area contributed by atoms with E-state index >= 15 is 0 Å². The van der Waals surface area contributed by atoms with Crippen molar-refractivity contribution in [1.29, 1.82) is 0 Å². The normalized spacial score (nSPS) is 10.6. The van der Waals surface area contributed by atoms with E-state index in [4.69, 9.17) is 9.47 Å². The first kappa shape index (κ1) is 20.5. The highest BCUT2D eigenvalue weighted by atomic mass is 19.1. The number of hydrogen-bond acceptors (Lipinski definition) is 6. The Hall–Kier alpha value is -4.20. The second-order valence-corrected chi connectivity index (χ2v) is 6.00. The van der Waals surface area contributed by atoms with Gasteiger partial charge in [0.1, 0.15) is 11.6 Å². The van der Waals surface area contributed by atoms with Crippen molar-refractivity contribution >= 4 is 18.1 Å². The summed E-state index contributed by atoms with van der Waals surface area (Å²) in [6.07, 6.45) is 1.35. The zero-order valence-electron chi connectivity index (χ0n) is 15.8. The van der Waals surface area contributed by atoms with Crippen LogP contribution in [-0.2, 0) is 0 Å². The second kappa shape index (κ2) is 9.33. The van der Waals surface area contributed by atoms with Crippen LogP contribution < -0.4 is 14.9 Å². The molecule has 0 aliphatic heterocycles. The number of amides is 1. The van der Waals surface area contributed by atoms with Crippen molar-refractivity contribution in [2.75, 3.05) is 7.11 Å². The standard InChI is InChI=1S/C22H17FN2O5/c1-29-20-12-14(13-24-25-21(27)16-7-3-5-9-18(16)26)10-11-19(20)30-22(28)15-6-2-4-8-17(15)23/h2-13,26H,1H3,(H,25,27)/b24-13-. The van der Waals surface area contributed by atoms with Gasteiger partial charge in [0.15, 0.2) is 11.5 Å². The van der Waals surface area contributed by atoms with Crippen molar-refractivity contribution in [3.05, 3.63) is 89.2 Å². The number of benzene rings is 3. The van der Waals surface area contributed by atoms with Gasteiger partial charge in [-0.3, -0.25) is 4.79 Å². The first-order valence-electron chi connectivity index (χ1n) is 8.75. The Bertz CT molecular complexity index is 1110. The molecule has 0 aromatic heterocycles. The SMILES string of the molecule is COc1cc(/C=N\NC(=O)c2ccccc2O)ccc1OC(=O)c1ccccc1F. The van der Waals surface area contributed by atoms with Gasteiger partial charge in [0.2, 0.25) is 0 Å². The van der Waals surface area contributed by atoms with E-state index in [9.17, 15) is 19.1 Å². The van der Waals surface area contributed by atoms with Crippen LogP contribution in [-0.4, -0.2) is 30.3 Å². The Morgan fingerprint density at radius 2 is 1.70 bits per heavy atom. The Morgan fingerprint density at radius 1 is 1.00 bits per heavy atom. The minimum Gasteiger partial charge on any atom is -0.507 e. The molecule has 8 heteroatoms. The van der Waals surface area contributed by atoms with Crippen LogP contribution in [0, 0.1) is 5.82 Å². The lowest BCUT2D eigenvalue weighted by Gasteiger charge is -2.10. The molecule has 0 atom stereocenters. The van der Waals surface area contributed by atoms with Gasteiger partial charge in [-0.15, -0.1) is 0 Å². The van der Waals surface area contributed by atoms with Crippen LogP contribution in [0.1, 0.15) is 26.3 Å². The number of carbonyl (C=O) groups excluding carboxylic acids is 2. The number of carbonyl (C=O) groups is 2. The van der Waals surface area contributed by atoms with Crippen LogP contribution in [0.25, 0.3) is 0 Å². The summed E-state index contributed by atoms with van der Waals surface area (Å²) >= 11 is 0. The number of esters is 1. The smallest absolute Gasteiger partial charge is 0.346 e. The molecule has 0 spiro atoms. The first-order chi connectivity index (χ1) is 14.5. The van der Waals surface area contributed by atoms with E-state index in [0.717, 1.165) is 6.07 Å². The van der Waals surface area contributed by atoms with Crippen molar-refractivity contribution < 1.29 is 28.6 Å². The number of methoxy groups -OCH3 is 1. The zero-order chi connectivity index (χ0) is 21.5. The lowest BCUT2D eigenvalue weighted by molar-refractivity contribution is 0.0724. The Labute approximate surface area is 171 Å². The molecule has 0 fully saturated rings. The number of hydrazone groups is 1. The number of nitrogens with one attached hydrogen (secondary N) is 1. The number of aromatic hydroxyl groups is 1. The quantitative estimate of drug-likeness (QED) is 0.282. The monoisotopic (exact) mass is 408 g/mol. The number of nitrogens with zero attached hydrogens (tertiary/aromatic N) is 1. The maximum atomic E-state index is 13.7. The number of rotatable bonds is 6. The summed E-state index contributed by atoms with van der Waals surface area (Å²) in [4.78, 5) is 24.2. The topological polar surface area (TPSA) is 97.2 Å². The summed E-state index contributed by atoms with van der Waals surface area (Å²) in [7, 11) is 1.39. The van der Waals surface area contributed by atoms with Crippen LogP contribution in [0.15, 0.2) is 71.8 Å². The summed E-state index contributed by atoms with van der Waals surface area (Å²) < 4.78 is 24.2. The first-order valence-corrected chi connectivity index (χ1v) is 8.75. The molecular formula is C22H17FN2O5. The molecule has 0 heterocycles. The third kappa shape index (κ3) is 4.79. The maximum absolute atomic E-state index is 13.7. The molecule has 3 aromatic rings. The molecule has 0 saturated carbocycles. The van der Waals surface area contributed by atoms with Crippen molar-refractivity contribution in [3.63, 3.8) is 0 Å². The van der Waals surface area contributed by atoms with Gasteiger partial charge in [-0.1, -0.05) is 24.3 Å². The molecule has 0 aliphatic carbocycles. The summed E-state index contributed by atoms with van der Waals surface area (Å²) in [6.45, 7) is 0. The number of halogens is 1. The molecule has 2 N–H and O–H groups in total. The van der Waals surface area contributed by atoms with Crippen LogP contribution in [0.4, 0.5) is 4.39 Å². The Kier molecular flexibility index (Phi) is 6.39. The van der Waals surface area contributed by atoms with E-state index in [1.54, 1.807) is 18.2 Å². The van der Waals surface area contributed by atoms with Gasteiger partial charge >= 0.3 is 5.97 Å². The molecule has 3 rings (SSSR count). The molecule has 0 bridgehead atoms. The fourth-order valence-corrected chi connectivity index (χ4v) is 2.52. The van der Waals surface area contributed by atoms with Crippen LogP contribution >= 0.6 is 0 Å². The van der Waals surface area contributed by atoms with Gasteiger partial charge < -0.3 is 14.6 Å². The highest BCUT2D eigenvalue weighted by molar-refractivity contribution is 5.97. The van der Waals surface area contributed by atoms with Gasteiger partial charge in [-0.2, -0.15) is 5.10 Å². The van der Waals surface area contributed by atoms with Crippen LogP contribution in [0.2, 0.25) is 0 Å². The Balaban J connectivity index is 1.70. The number of phenolic OH excluding ortho intramolecular Hbond substituents is 1. The van der Waals surface area contributed by atoms with Crippen molar-refractivity contribution in [1.82, 2.24) is 5.43 Å². The minimum absolute atomic E-state index is 0.0858. The van der Waals surface area contributed by atoms with Crippen LogP contribution in [0.3, 0.4) is 0 Å². The second-order valence-electron chi connectivity index (χ2n) is 6.00. The predicted octanol–water partition coefficient (Wildman–Crippen LogP) is 3.52. The van der Waals surface area contributed by atoms with Crippen molar-refractivity contribution in [2.45, 2.75) is 0 Å². The summed E-state index contributed by atoms with van der Waals surface area (Å²) in [5.41, 5.74) is 2.73. The van der Waals surface area contributed by atoms with E-state index in [0.29, 0.717) is 5.56 Å². The van der Waals surface area contributed by atoms with E-state index in [-0.39, 0.29) is 28.4 Å². The van der Waals surface area contributed by atoms with E-state index in [1.807, 2.05) is 0 Å². The van der Waals surface area contributed by atoms with E-state index in [1.165, 1.54) is 55.8 Å². The highest BCUT2D eigenvalue weighted by Gasteiger charge is 2.16. The molecule has 0 saturated heterocycles. The molecular weight excluding hydrogens is 391 g/mol. The Morgan fingerprint density at radius 3 is 2.40 bits per heavy atom. The molecule has 1 amide bonds. The maximum Gasteiger partial charge on any atom is 0.346 e. The summed E-state index contributed by atoms with van der Waals surface area (Å²) in [5.74, 6) is -1.97. The number of hydrogen-bond donors (Lipinski definition) is 2. The molecule has 0 radical (unpaired) electrons. The van der Waals surface area contributed by atoms with Gasteiger partial charge in [0, 0.05) is 0 Å². The predicted molar refractivity (Wildman–Crippen MR) is 108 cm³/mol. The fraction of sp³-hybridized carbons (Fsp3) is 0.0455. The zero-order valence-corrected chi connectivity index (χ0v) is 15.8. The number of para-hydroxylation sites is 1. The summed E-state index contributed by atoms with van der Waals surface area (Å²) in [6, 6.07) is 16.1. The van der Waals surface area contributed by atoms with Gasteiger partial charge in [-0.05, 0) is 48.0 Å². The van der Waals surface area contributed by atoms with Crippen molar-refractivity contribution in [3.8, 4) is 17.2 Å². The fourth-order valence-electron chi connectivity index (χ4n) is 2.52. The third-order valence-corrected chi connectivity index (χ3v) is 4.01. The molecule has 3 aromatic carbocycles. The average molecular weight is 408 g/mol. The van der Waals surface area contributed by atoms with Crippen molar-refractivity contribution in [2.24, 2.45) is 5.10 Å². The average Bonchev–Trinajstić information content (AvgIpc) is 2.75. The third-order valence-electron chi connectivity index (χ3n) is 4.01. The highest BCUT2D eigenvalue weighted by Crippen LogP contribution is 2.28. The number of ether oxygens (including phenoxy) is 2. The number of phenols is 1. The van der Waals surface area contributed by atoms with E-state index < -0.39 is 17.7 Å². The van der Waals surface area contributed by atoms with Gasteiger partial charge in [-0.25, -0.2) is 14.6 Å². The van der Waals surface area contributed by atoms with Crippen LogP contribution in [0.5, 0.6) is 17.2 Å². The molecule has 7 nitrogen and oxygen atoms in total. The molecule has 152 valence electrons. The lowest BCUT2D eigenvalue weighted by Crippen LogP contribution is -2.17. The molecule has 30 heavy (non-hydrogen) atoms. The molecule has 0 aliphatic rings. The summed E-state index contributed by atoms with van der Waals surface area (Å²) in [5, 5.41) is 13.5. The largest absolute Gasteiger partial charge is 0.507 e. The lowest BCUT2D eigenvalue weighted by atomic mass is 10.2. The minimum atomic E-state index is -0.859. The molecule has 0 unspecified atom stereocenters. The van der Waals surface area contributed by atoms with Gasteiger partial charge in [0.25, 0.3) is 5.91 Å². The van der Waals surface area contributed by atoms with Gasteiger partial charge in [0.05, 0.1) is 24.5 Å². The van der Waals surface area contributed by atoms with E-state index in [2.05, 4.69) is 10.5 Å².